The number of halogens is 1. The van der Waals surface area contributed by atoms with Crippen molar-refractivity contribution in [2.24, 2.45) is 0 Å². The molecule has 0 unspecified atom stereocenters. The first-order valence-corrected chi connectivity index (χ1v) is 16.3. The first kappa shape index (κ1) is 33.6. The number of amides is 2. The molecule has 1 atom stereocenters. The summed E-state index contributed by atoms with van der Waals surface area (Å²) in [5.41, 5.74) is 0.773. The number of nitrogens with one attached hydrogen (secondary N) is 1. The van der Waals surface area contributed by atoms with E-state index in [1.165, 1.54) is 56.6 Å². The fraction of sp³-hybridized carbons (Fsp3) is 0.394. The Labute approximate surface area is 264 Å². The summed E-state index contributed by atoms with van der Waals surface area (Å²) in [6.45, 7) is 1.18. The highest BCUT2D eigenvalue weighted by Gasteiger charge is 2.35. The Bertz CT molecular complexity index is 1580. The normalized spacial score (nSPS) is 14.0. The molecule has 1 saturated carbocycles. The second-order valence-electron chi connectivity index (χ2n) is 10.8. The Morgan fingerprint density at radius 2 is 1.62 bits per heavy atom. The number of hydrogen-bond acceptors (Lipinski definition) is 7. The highest BCUT2D eigenvalue weighted by molar-refractivity contribution is 7.92. The van der Waals surface area contributed by atoms with Crippen LogP contribution in [0.15, 0.2) is 71.6 Å². The molecule has 0 heterocycles. The maximum Gasteiger partial charge on any atom is 0.264 e. The van der Waals surface area contributed by atoms with E-state index in [0.717, 1.165) is 42.1 Å². The first-order valence-electron chi connectivity index (χ1n) is 14.8. The highest BCUT2D eigenvalue weighted by atomic mass is 32.2. The van der Waals surface area contributed by atoms with E-state index < -0.39 is 34.3 Å². The van der Waals surface area contributed by atoms with Gasteiger partial charge in [0.1, 0.15) is 24.2 Å². The van der Waals surface area contributed by atoms with Crippen LogP contribution in [0.4, 0.5) is 10.1 Å². The summed E-state index contributed by atoms with van der Waals surface area (Å²) in [5.74, 6) is -0.394. The van der Waals surface area contributed by atoms with Crippen LogP contribution in [-0.2, 0) is 26.2 Å². The van der Waals surface area contributed by atoms with Crippen LogP contribution < -0.4 is 23.8 Å². The number of carbonyl (C=O) groups is 2. The maximum absolute atomic E-state index is 14.3. The van der Waals surface area contributed by atoms with Gasteiger partial charge in [0.05, 0.1) is 31.9 Å². The molecule has 2 amide bonds. The van der Waals surface area contributed by atoms with Crippen LogP contribution >= 0.6 is 0 Å². The molecule has 0 bridgehead atoms. The molecule has 0 saturated heterocycles. The summed E-state index contributed by atoms with van der Waals surface area (Å²) in [6, 6.07) is 15.2. The molecule has 10 nitrogen and oxygen atoms in total. The minimum Gasteiger partial charge on any atom is -0.497 e. The second-order valence-corrected chi connectivity index (χ2v) is 12.7. The van der Waals surface area contributed by atoms with Crippen molar-refractivity contribution in [3.63, 3.8) is 0 Å². The lowest BCUT2D eigenvalue weighted by atomic mass is 10.1. The number of sulfonamides is 1. The summed E-state index contributed by atoms with van der Waals surface area (Å²) >= 11 is 0. The van der Waals surface area contributed by atoms with Crippen molar-refractivity contribution in [3.05, 3.63) is 78.1 Å². The Balaban J connectivity index is 1.75. The van der Waals surface area contributed by atoms with Crippen molar-refractivity contribution in [1.29, 1.82) is 0 Å². The average molecular weight is 642 g/mol. The van der Waals surface area contributed by atoms with E-state index in [1.807, 2.05) is 13.0 Å². The number of hydrogen-bond donors (Lipinski definition) is 1. The SMILES string of the molecule is CC[C@H](C(=O)NC1CCCC1)N(Cc1cccc(OC)c1)C(=O)CN(c1ccc(F)cc1)S(=O)(=O)c1ccc(OC)c(OC)c1. The van der Waals surface area contributed by atoms with Gasteiger partial charge >= 0.3 is 0 Å². The Morgan fingerprint density at radius 1 is 0.933 bits per heavy atom. The molecule has 12 heteroatoms. The standard InChI is InChI=1S/C33H40FN3O7S/c1-5-29(33(39)35-25-10-6-7-11-25)36(21-23-9-8-12-27(19-23)42-2)32(38)22-37(26-15-13-24(34)14-16-26)45(40,41)28-17-18-30(43-3)31(20-28)44-4/h8-9,12-20,25,29H,5-7,10-11,21-22H2,1-4H3,(H,35,39)/t29-/m1/s1. The number of carbonyl (C=O) groups excluding carboxylic acids is 2. The lowest BCUT2D eigenvalue weighted by Gasteiger charge is -2.34. The lowest BCUT2D eigenvalue weighted by molar-refractivity contribution is -0.140. The molecule has 1 aliphatic carbocycles. The molecular formula is C33H40FN3O7S. The van der Waals surface area contributed by atoms with Crippen molar-refractivity contribution in [2.75, 3.05) is 32.2 Å². The predicted molar refractivity (Wildman–Crippen MR) is 168 cm³/mol. The van der Waals surface area contributed by atoms with E-state index >= 15 is 0 Å². The molecule has 1 fully saturated rings. The molecule has 0 aliphatic heterocycles. The summed E-state index contributed by atoms with van der Waals surface area (Å²) in [6.07, 6.45) is 4.08. The second kappa shape index (κ2) is 15.1. The third-order valence-electron chi connectivity index (χ3n) is 7.91. The highest BCUT2D eigenvalue weighted by Crippen LogP contribution is 2.32. The first-order chi connectivity index (χ1) is 21.6. The maximum atomic E-state index is 14.3. The zero-order chi connectivity index (χ0) is 32.6. The van der Waals surface area contributed by atoms with Gasteiger partial charge in [0.25, 0.3) is 10.0 Å². The third kappa shape index (κ3) is 8.05. The Hall–Kier alpha value is -4.32. The van der Waals surface area contributed by atoms with Crippen molar-refractivity contribution in [2.45, 2.75) is 62.6 Å². The van der Waals surface area contributed by atoms with Gasteiger partial charge < -0.3 is 24.4 Å². The van der Waals surface area contributed by atoms with E-state index in [1.54, 1.807) is 18.2 Å². The van der Waals surface area contributed by atoms with Gasteiger partial charge in [-0.25, -0.2) is 12.8 Å². The van der Waals surface area contributed by atoms with Gasteiger partial charge in [0.2, 0.25) is 11.8 Å². The minimum absolute atomic E-state index is 0.0281. The molecule has 45 heavy (non-hydrogen) atoms. The molecule has 3 aromatic rings. The van der Waals surface area contributed by atoms with Crippen LogP contribution in [0.5, 0.6) is 17.2 Å². The molecule has 3 aromatic carbocycles. The topological polar surface area (TPSA) is 114 Å². The molecule has 0 aromatic heterocycles. The smallest absolute Gasteiger partial charge is 0.264 e. The predicted octanol–water partition coefficient (Wildman–Crippen LogP) is 4.91. The molecule has 1 N–H and O–H groups in total. The minimum atomic E-state index is -4.40. The largest absolute Gasteiger partial charge is 0.497 e. The summed E-state index contributed by atoms with van der Waals surface area (Å²) in [4.78, 5) is 29.1. The monoisotopic (exact) mass is 641 g/mol. The molecule has 4 rings (SSSR count). The molecule has 0 radical (unpaired) electrons. The van der Waals surface area contributed by atoms with Crippen molar-refractivity contribution < 1.29 is 36.6 Å². The van der Waals surface area contributed by atoms with Gasteiger partial charge in [-0.15, -0.1) is 0 Å². The number of methoxy groups -OCH3 is 3. The number of rotatable bonds is 14. The van der Waals surface area contributed by atoms with Crippen LogP contribution in [0.25, 0.3) is 0 Å². The van der Waals surface area contributed by atoms with Crippen molar-refractivity contribution >= 4 is 27.5 Å². The van der Waals surface area contributed by atoms with Crippen LogP contribution in [0.1, 0.15) is 44.6 Å². The van der Waals surface area contributed by atoms with E-state index in [9.17, 15) is 22.4 Å². The van der Waals surface area contributed by atoms with Gasteiger partial charge in [-0.2, -0.15) is 0 Å². The quantitative estimate of drug-likeness (QED) is 0.266. The van der Waals surface area contributed by atoms with Gasteiger partial charge in [-0.3, -0.25) is 13.9 Å². The van der Waals surface area contributed by atoms with E-state index in [4.69, 9.17) is 14.2 Å². The summed E-state index contributed by atoms with van der Waals surface area (Å²) in [7, 11) is -0.0550. The fourth-order valence-electron chi connectivity index (χ4n) is 5.49. The van der Waals surface area contributed by atoms with E-state index in [2.05, 4.69) is 5.32 Å². The fourth-order valence-corrected chi connectivity index (χ4v) is 6.92. The van der Waals surface area contributed by atoms with Crippen molar-refractivity contribution in [3.8, 4) is 17.2 Å². The van der Waals surface area contributed by atoms with Gasteiger partial charge in [0.15, 0.2) is 11.5 Å². The van der Waals surface area contributed by atoms with Crippen LogP contribution in [0.3, 0.4) is 0 Å². The Kier molecular flexibility index (Phi) is 11.3. The van der Waals surface area contributed by atoms with E-state index in [-0.39, 0.29) is 34.8 Å². The molecule has 0 spiro atoms. The number of nitrogens with zero attached hydrogens (tertiary/aromatic N) is 2. The Morgan fingerprint density at radius 3 is 2.24 bits per heavy atom. The number of benzene rings is 3. The molecular weight excluding hydrogens is 601 g/mol. The third-order valence-corrected chi connectivity index (χ3v) is 9.68. The van der Waals surface area contributed by atoms with Crippen LogP contribution in [0, 0.1) is 5.82 Å². The number of anilines is 1. The van der Waals surface area contributed by atoms with Gasteiger partial charge in [-0.1, -0.05) is 31.9 Å². The van der Waals surface area contributed by atoms with Crippen LogP contribution in [-0.4, -0.2) is 65.1 Å². The zero-order valence-corrected chi connectivity index (χ0v) is 26.8. The van der Waals surface area contributed by atoms with Crippen LogP contribution in [0.2, 0.25) is 0 Å². The van der Waals surface area contributed by atoms with E-state index in [0.29, 0.717) is 23.5 Å². The molecule has 242 valence electrons. The average Bonchev–Trinajstić information content (AvgIpc) is 3.56. The van der Waals surface area contributed by atoms with Gasteiger partial charge in [0, 0.05) is 18.7 Å². The number of ether oxygens (including phenoxy) is 3. The zero-order valence-electron chi connectivity index (χ0n) is 26.0. The summed E-state index contributed by atoms with van der Waals surface area (Å²) < 4.78 is 59.1. The van der Waals surface area contributed by atoms with Crippen molar-refractivity contribution in [1.82, 2.24) is 10.2 Å². The summed E-state index contributed by atoms with van der Waals surface area (Å²) in [5, 5.41) is 3.09. The lowest BCUT2D eigenvalue weighted by Crippen LogP contribution is -2.53. The molecule has 1 aliphatic rings. The van der Waals surface area contributed by atoms with Gasteiger partial charge in [-0.05, 0) is 73.4 Å².